The number of aryl methyl sites for hydroxylation is 1. The number of oxazole rings is 1. The molecular formula is C17H15ClN2O4. The summed E-state index contributed by atoms with van der Waals surface area (Å²) in [6.07, 6.45) is 0.142. The molecule has 7 heteroatoms. The lowest BCUT2D eigenvalue weighted by molar-refractivity contribution is -0.116. The van der Waals surface area contributed by atoms with Crippen LogP contribution in [0, 0.1) is 0 Å². The maximum Gasteiger partial charge on any atom is 0.419 e. The number of fused-ring (bicyclic) bond motifs is 1. The molecular weight excluding hydrogens is 332 g/mol. The second-order valence-electron chi connectivity index (χ2n) is 5.16. The predicted octanol–water partition coefficient (Wildman–Crippen LogP) is 3.29. The third-order valence-corrected chi connectivity index (χ3v) is 3.80. The van der Waals surface area contributed by atoms with E-state index in [-0.39, 0.29) is 18.9 Å². The molecule has 0 aliphatic heterocycles. The van der Waals surface area contributed by atoms with E-state index in [0.29, 0.717) is 27.6 Å². The van der Waals surface area contributed by atoms with Crippen molar-refractivity contribution in [2.75, 3.05) is 12.4 Å². The fourth-order valence-corrected chi connectivity index (χ4v) is 2.53. The van der Waals surface area contributed by atoms with Crippen LogP contribution in [0.5, 0.6) is 5.75 Å². The minimum atomic E-state index is -0.510. The van der Waals surface area contributed by atoms with E-state index in [1.54, 1.807) is 49.6 Å². The molecule has 0 spiro atoms. The van der Waals surface area contributed by atoms with Crippen LogP contribution >= 0.6 is 11.6 Å². The maximum atomic E-state index is 12.1. The van der Waals surface area contributed by atoms with Gasteiger partial charge >= 0.3 is 5.76 Å². The zero-order valence-electron chi connectivity index (χ0n) is 12.9. The van der Waals surface area contributed by atoms with E-state index in [0.717, 1.165) is 0 Å². The number of benzene rings is 2. The van der Waals surface area contributed by atoms with Crippen molar-refractivity contribution in [1.82, 2.24) is 4.57 Å². The van der Waals surface area contributed by atoms with Gasteiger partial charge in [0.05, 0.1) is 12.6 Å². The first-order chi connectivity index (χ1) is 11.6. The molecule has 3 aromatic rings. The second-order valence-corrected chi connectivity index (χ2v) is 5.59. The average Bonchev–Trinajstić information content (AvgIpc) is 2.88. The van der Waals surface area contributed by atoms with Crippen LogP contribution in [0.3, 0.4) is 0 Å². The van der Waals surface area contributed by atoms with E-state index in [9.17, 15) is 9.59 Å². The van der Waals surface area contributed by atoms with Gasteiger partial charge in [0, 0.05) is 29.7 Å². The van der Waals surface area contributed by atoms with Gasteiger partial charge in [-0.25, -0.2) is 4.79 Å². The number of anilines is 1. The summed E-state index contributed by atoms with van der Waals surface area (Å²) in [6.45, 7) is 0.218. The summed E-state index contributed by atoms with van der Waals surface area (Å²) in [6, 6.07) is 12.0. The number of rotatable bonds is 5. The SMILES string of the molecule is COc1ccc(NC(=O)CCn2c(=O)oc3cc(Cl)ccc32)cc1. The quantitative estimate of drug-likeness (QED) is 0.769. The van der Waals surface area contributed by atoms with Crippen LogP contribution in [0.1, 0.15) is 6.42 Å². The molecule has 1 amide bonds. The highest BCUT2D eigenvalue weighted by atomic mass is 35.5. The molecule has 0 aliphatic rings. The Morgan fingerprint density at radius 2 is 2.00 bits per heavy atom. The Kier molecular flexibility index (Phi) is 4.57. The second kappa shape index (κ2) is 6.80. The Hall–Kier alpha value is -2.73. The molecule has 1 heterocycles. The van der Waals surface area contributed by atoms with Gasteiger partial charge in [-0.1, -0.05) is 11.6 Å². The van der Waals surface area contributed by atoms with E-state index < -0.39 is 5.76 Å². The summed E-state index contributed by atoms with van der Waals surface area (Å²) in [5.74, 6) is 0.00275. The molecule has 0 bridgehead atoms. The number of aromatic nitrogens is 1. The highest BCUT2D eigenvalue weighted by molar-refractivity contribution is 6.31. The third-order valence-electron chi connectivity index (χ3n) is 3.57. The summed E-state index contributed by atoms with van der Waals surface area (Å²) < 4.78 is 11.6. The molecule has 0 saturated heterocycles. The Labute approximate surface area is 142 Å². The molecule has 1 N–H and O–H groups in total. The summed E-state index contributed by atoms with van der Waals surface area (Å²) in [5.41, 5.74) is 1.68. The number of ether oxygens (including phenoxy) is 1. The van der Waals surface area contributed by atoms with E-state index in [2.05, 4.69) is 5.32 Å². The van der Waals surface area contributed by atoms with E-state index in [4.69, 9.17) is 20.8 Å². The van der Waals surface area contributed by atoms with Gasteiger partial charge < -0.3 is 14.5 Å². The van der Waals surface area contributed by atoms with Crippen molar-refractivity contribution in [3.63, 3.8) is 0 Å². The van der Waals surface area contributed by atoms with Crippen LogP contribution in [-0.2, 0) is 11.3 Å². The maximum absolute atomic E-state index is 12.1. The minimum absolute atomic E-state index is 0.142. The van der Waals surface area contributed by atoms with Crippen LogP contribution < -0.4 is 15.8 Å². The predicted molar refractivity (Wildman–Crippen MR) is 91.7 cm³/mol. The first kappa shape index (κ1) is 16.1. The minimum Gasteiger partial charge on any atom is -0.497 e. The van der Waals surface area contributed by atoms with Crippen molar-refractivity contribution >= 4 is 34.3 Å². The highest BCUT2D eigenvalue weighted by Crippen LogP contribution is 2.19. The standard InChI is InChI=1S/C17H15ClN2O4/c1-23-13-5-3-12(4-6-13)19-16(21)8-9-20-14-7-2-11(18)10-15(14)24-17(20)22/h2-7,10H,8-9H2,1H3,(H,19,21). The molecule has 0 radical (unpaired) electrons. The topological polar surface area (TPSA) is 73.5 Å². The van der Waals surface area contributed by atoms with Crippen molar-refractivity contribution in [3.8, 4) is 5.75 Å². The molecule has 124 valence electrons. The number of hydrogen-bond acceptors (Lipinski definition) is 4. The average molecular weight is 347 g/mol. The number of amides is 1. The Balaban J connectivity index is 1.68. The molecule has 6 nitrogen and oxygen atoms in total. The number of nitrogens with zero attached hydrogens (tertiary/aromatic N) is 1. The van der Waals surface area contributed by atoms with Crippen LogP contribution in [0.2, 0.25) is 5.02 Å². The molecule has 24 heavy (non-hydrogen) atoms. The number of halogens is 1. The first-order valence-electron chi connectivity index (χ1n) is 7.29. The highest BCUT2D eigenvalue weighted by Gasteiger charge is 2.11. The van der Waals surface area contributed by atoms with Crippen molar-refractivity contribution in [3.05, 3.63) is 58.0 Å². The van der Waals surface area contributed by atoms with Crippen LogP contribution in [-0.4, -0.2) is 17.6 Å². The molecule has 3 rings (SSSR count). The van der Waals surface area contributed by atoms with Gasteiger partial charge in [-0.05, 0) is 36.4 Å². The van der Waals surface area contributed by atoms with Crippen molar-refractivity contribution < 1.29 is 13.9 Å². The Bertz CT molecular complexity index is 928. The Morgan fingerprint density at radius 3 is 2.71 bits per heavy atom. The monoisotopic (exact) mass is 346 g/mol. The molecule has 1 aromatic heterocycles. The summed E-state index contributed by atoms with van der Waals surface area (Å²) in [5, 5.41) is 3.26. The summed E-state index contributed by atoms with van der Waals surface area (Å²) in [7, 11) is 1.58. The van der Waals surface area contributed by atoms with Gasteiger partial charge in [-0.15, -0.1) is 0 Å². The fraction of sp³-hybridized carbons (Fsp3) is 0.176. The molecule has 0 saturated carbocycles. The number of methoxy groups -OCH3 is 1. The molecule has 2 aromatic carbocycles. The lowest BCUT2D eigenvalue weighted by Crippen LogP contribution is -2.19. The zero-order chi connectivity index (χ0) is 17.1. The van der Waals surface area contributed by atoms with Gasteiger partial charge in [0.1, 0.15) is 5.75 Å². The van der Waals surface area contributed by atoms with Gasteiger partial charge in [0.25, 0.3) is 0 Å². The number of carbonyl (C=O) groups is 1. The van der Waals surface area contributed by atoms with Crippen LogP contribution in [0.15, 0.2) is 51.7 Å². The van der Waals surface area contributed by atoms with Crippen molar-refractivity contribution in [2.45, 2.75) is 13.0 Å². The van der Waals surface area contributed by atoms with E-state index in [1.165, 1.54) is 4.57 Å². The van der Waals surface area contributed by atoms with Gasteiger partial charge in [-0.3, -0.25) is 9.36 Å². The lowest BCUT2D eigenvalue weighted by atomic mass is 10.3. The van der Waals surface area contributed by atoms with Crippen LogP contribution in [0.25, 0.3) is 11.1 Å². The van der Waals surface area contributed by atoms with Crippen molar-refractivity contribution in [2.24, 2.45) is 0 Å². The number of carbonyl (C=O) groups excluding carboxylic acids is 1. The number of nitrogens with one attached hydrogen (secondary N) is 1. The van der Waals surface area contributed by atoms with Crippen LogP contribution in [0.4, 0.5) is 5.69 Å². The fourth-order valence-electron chi connectivity index (χ4n) is 2.36. The largest absolute Gasteiger partial charge is 0.497 e. The molecule has 0 atom stereocenters. The molecule has 0 unspecified atom stereocenters. The van der Waals surface area contributed by atoms with Crippen molar-refractivity contribution in [1.29, 1.82) is 0 Å². The van der Waals surface area contributed by atoms with E-state index >= 15 is 0 Å². The number of hydrogen-bond donors (Lipinski definition) is 1. The normalized spacial score (nSPS) is 10.8. The zero-order valence-corrected chi connectivity index (χ0v) is 13.7. The summed E-state index contributed by atoms with van der Waals surface area (Å²) >= 11 is 5.88. The third kappa shape index (κ3) is 3.44. The van der Waals surface area contributed by atoms with Gasteiger partial charge in [-0.2, -0.15) is 0 Å². The first-order valence-corrected chi connectivity index (χ1v) is 7.67. The summed E-state index contributed by atoms with van der Waals surface area (Å²) in [4.78, 5) is 24.0. The van der Waals surface area contributed by atoms with Gasteiger partial charge in [0.15, 0.2) is 5.58 Å². The molecule has 0 aliphatic carbocycles. The Morgan fingerprint density at radius 1 is 1.25 bits per heavy atom. The van der Waals surface area contributed by atoms with Gasteiger partial charge in [0.2, 0.25) is 5.91 Å². The van der Waals surface area contributed by atoms with E-state index in [1.807, 2.05) is 0 Å². The molecule has 0 fully saturated rings. The smallest absolute Gasteiger partial charge is 0.419 e. The lowest BCUT2D eigenvalue weighted by Gasteiger charge is -2.06.